The monoisotopic (exact) mass is 271 g/mol. The number of halogens is 1. The fourth-order valence-corrected chi connectivity index (χ4v) is 2.10. The van der Waals surface area contributed by atoms with E-state index in [4.69, 9.17) is 5.73 Å². The molecule has 84 valence electrons. The topological polar surface area (TPSA) is 46.2 Å². The highest BCUT2D eigenvalue weighted by Crippen LogP contribution is 2.31. The average molecular weight is 272 g/mol. The minimum Gasteiger partial charge on any atom is -0.398 e. The second-order valence-corrected chi connectivity index (χ2v) is 4.90. The lowest BCUT2D eigenvalue weighted by atomic mass is 9.93. The molecule has 3 N–H and O–H groups in total. The molecule has 0 aromatic heterocycles. The Kier molecular flexibility index (Phi) is 4.61. The zero-order chi connectivity index (χ0) is 11.4. The number of aliphatic hydroxyl groups excluding tert-OH is 1. The van der Waals surface area contributed by atoms with Gasteiger partial charge in [-0.05, 0) is 30.5 Å². The zero-order valence-electron chi connectivity index (χ0n) is 9.20. The van der Waals surface area contributed by atoms with E-state index < -0.39 is 6.10 Å². The molecular formula is C12H18BrNO. The zero-order valence-corrected chi connectivity index (χ0v) is 10.8. The highest BCUT2D eigenvalue weighted by atomic mass is 79.9. The van der Waals surface area contributed by atoms with Crippen LogP contribution in [0.4, 0.5) is 5.69 Å². The third kappa shape index (κ3) is 3.21. The predicted molar refractivity (Wildman–Crippen MR) is 67.6 cm³/mol. The van der Waals surface area contributed by atoms with Gasteiger partial charge in [-0.2, -0.15) is 0 Å². The van der Waals surface area contributed by atoms with E-state index in [9.17, 15) is 5.11 Å². The van der Waals surface area contributed by atoms with Gasteiger partial charge < -0.3 is 10.8 Å². The first-order valence-corrected chi connectivity index (χ1v) is 6.08. The third-order valence-electron chi connectivity index (χ3n) is 2.65. The molecule has 2 atom stereocenters. The van der Waals surface area contributed by atoms with Crippen LogP contribution >= 0.6 is 15.9 Å². The van der Waals surface area contributed by atoms with Crippen molar-refractivity contribution in [2.75, 3.05) is 5.73 Å². The molecule has 0 fully saturated rings. The van der Waals surface area contributed by atoms with Crippen molar-refractivity contribution in [1.29, 1.82) is 0 Å². The molecule has 0 amide bonds. The van der Waals surface area contributed by atoms with Gasteiger partial charge in [0, 0.05) is 15.7 Å². The number of aliphatic hydroxyl groups is 1. The summed E-state index contributed by atoms with van der Waals surface area (Å²) in [6, 6.07) is 5.60. The van der Waals surface area contributed by atoms with Crippen molar-refractivity contribution in [3.63, 3.8) is 0 Å². The van der Waals surface area contributed by atoms with Gasteiger partial charge in [-0.1, -0.05) is 36.2 Å². The Morgan fingerprint density at radius 1 is 1.47 bits per heavy atom. The van der Waals surface area contributed by atoms with Crippen LogP contribution in [0.3, 0.4) is 0 Å². The van der Waals surface area contributed by atoms with E-state index in [1.165, 1.54) is 0 Å². The average Bonchev–Trinajstić information content (AvgIpc) is 2.21. The number of rotatable bonds is 4. The largest absolute Gasteiger partial charge is 0.398 e. The number of anilines is 1. The number of hydrogen-bond donors (Lipinski definition) is 2. The molecule has 0 saturated heterocycles. The lowest BCUT2D eigenvalue weighted by Crippen LogP contribution is -2.11. The molecule has 2 unspecified atom stereocenters. The molecule has 15 heavy (non-hydrogen) atoms. The first-order chi connectivity index (χ1) is 7.06. The Bertz CT molecular complexity index is 327. The fourth-order valence-electron chi connectivity index (χ4n) is 1.72. The summed E-state index contributed by atoms with van der Waals surface area (Å²) in [6.45, 7) is 4.17. The Morgan fingerprint density at radius 3 is 2.73 bits per heavy atom. The van der Waals surface area contributed by atoms with E-state index in [1.54, 1.807) is 0 Å². The minimum absolute atomic E-state index is 0.242. The van der Waals surface area contributed by atoms with Gasteiger partial charge in [-0.3, -0.25) is 0 Å². The van der Waals surface area contributed by atoms with Crippen LogP contribution < -0.4 is 5.73 Å². The van der Waals surface area contributed by atoms with Crippen LogP contribution in [0.2, 0.25) is 0 Å². The van der Waals surface area contributed by atoms with Crippen molar-refractivity contribution in [1.82, 2.24) is 0 Å². The van der Waals surface area contributed by atoms with Gasteiger partial charge in [-0.15, -0.1) is 0 Å². The summed E-state index contributed by atoms with van der Waals surface area (Å²) < 4.78 is 0.953. The summed E-state index contributed by atoms with van der Waals surface area (Å²) in [7, 11) is 0. The highest BCUT2D eigenvalue weighted by Gasteiger charge is 2.17. The van der Waals surface area contributed by atoms with Gasteiger partial charge in [0.1, 0.15) is 0 Å². The van der Waals surface area contributed by atoms with Crippen LogP contribution in [0.25, 0.3) is 0 Å². The Hall–Kier alpha value is -0.540. The molecule has 3 heteroatoms. The van der Waals surface area contributed by atoms with Gasteiger partial charge in [0.25, 0.3) is 0 Å². The second-order valence-electron chi connectivity index (χ2n) is 3.98. The third-order valence-corrected chi connectivity index (χ3v) is 3.14. The summed E-state index contributed by atoms with van der Waals surface area (Å²) in [5, 5.41) is 10.1. The fraction of sp³-hybridized carbons (Fsp3) is 0.500. The molecule has 0 bridgehead atoms. The van der Waals surface area contributed by atoms with E-state index in [1.807, 2.05) is 18.2 Å². The lowest BCUT2D eigenvalue weighted by molar-refractivity contribution is 0.113. The molecule has 0 aliphatic rings. The normalized spacial score (nSPS) is 14.9. The quantitative estimate of drug-likeness (QED) is 0.824. The van der Waals surface area contributed by atoms with Crippen LogP contribution in [0.5, 0.6) is 0 Å². The van der Waals surface area contributed by atoms with E-state index in [0.29, 0.717) is 5.69 Å². The van der Waals surface area contributed by atoms with Crippen LogP contribution in [0, 0.1) is 5.92 Å². The van der Waals surface area contributed by atoms with Crippen molar-refractivity contribution in [2.45, 2.75) is 32.8 Å². The Balaban J connectivity index is 2.89. The van der Waals surface area contributed by atoms with E-state index >= 15 is 0 Å². The molecule has 0 heterocycles. The van der Waals surface area contributed by atoms with Crippen molar-refractivity contribution in [2.24, 2.45) is 5.92 Å². The summed E-state index contributed by atoms with van der Waals surface area (Å²) in [5.41, 5.74) is 7.33. The molecule has 1 aromatic carbocycles. The summed E-state index contributed by atoms with van der Waals surface area (Å²) in [5.74, 6) is 0.242. The second kappa shape index (κ2) is 5.52. The Labute approximate surface area is 99.6 Å². The predicted octanol–water partition coefficient (Wildman–Crippen LogP) is 3.50. The first kappa shape index (κ1) is 12.5. The highest BCUT2D eigenvalue weighted by molar-refractivity contribution is 9.10. The molecule has 0 spiro atoms. The van der Waals surface area contributed by atoms with Crippen LogP contribution in [0.1, 0.15) is 38.4 Å². The van der Waals surface area contributed by atoms with Crippen molar-refractivity contribution < 1.29 is 5.11 Å². The molecule has 2 nitrogen and oxygen atoms in total. The van der Waals surface area contributed by atoms with Gasteiger partial charge in [0.05, 0.1) is 6.10 Å². The van der Waals surface area contributed by atoms with Crippen LogP contribution in [0.15, 0.2) is 22.7 Å². The van der Waals surface area contributed by atoms with Gasteiger partial charge in [0.15, 0.2) is 0 Å². The molecule has 0 radical (unpaired) electrons. The summed E-state index contributed by atoms with van der Waals surface area (Å²) >= 11 is 3.39. The number of benzene rings is 1. The number of hydrogen-bond acceptors (Lipinski definition) is 2. The maximum Gasteiger partial charge on any atom is 0.0835 e. The molecule has 1 aromatic rings. The van der Waals surface area contributed by atoms with Crippen molar-refractivity contribution >= 4 is 21.6 Å². The maximum atomic E-state index is 10.1. The van der Waals surface area contributed by atoms with E-state index in [-0.39, 0.29) is 5.92 Å². The van der Waals surface area contributed by atoms with Crippen LogP contribution in [-0.4, -0.2) is 5.11 Å². The molecule has 0 saturated carbocycles. The standard InChI is InChI=1S/C12H18BrNO/c1-3-4-8(2)12(15)10-7-9(13)5-6-11(10)14/h5-8,12,15H,3-4,14H2,1-2H3. The number of nitrogen functional groups attached to an aromatic ring is 1. The molecular weight excluding hydrogens is 254 g/mol. The van der Waals surface area contributed by atoms with Gasteiger partial charge >= 0.3 is 0 Å². The summed E-state index contributed by atoms with van der Waals surface area (Å²) in [4.78, 5) is 0. The number of nitrogens with two attached hydrogens (primary N) is 1. The Morgan fingerprint density at radius 2 is 2.13 bits per heavy atom. The SMILES string of the molecule is CCCC(C)C(O)c1cc(Br)ccc1N. The van der Waals surface area contributed by atoms with E-state index in [2.05, 4.69) is 29.8 Å². The first-order valence-electron chi connectivity index (χ1n) is 5.29. The molecule has 0 aliphatic heterocycles. The lowest BCUT2D eigenvalue weighted by Gasteiger charge is -2.20. The minimum atomic E-state index is -0.470. The maximum absolute atomic E-state index is 10.1. The van der Waals surface area contributed by atoms with Crippen LogP contribution in [-0.2, 0) is 0 Å². The van der Waals surface area contributed by atoms with Crippen molar-refractivity contribution in [3.8, 4) is 0 Å². The molecule has 0 aliphatic carbocycles. The van der Waals surface area contributed by atoms with Gasteiger partial charge in [-0.25, -0.2) is 0 Å². The molecule has 1 rings (SSSR count). The van der Waals surface area contributed by atoms with Crippen molar-refractivity contribution in [3.05, 3.63) is 28.2 Å². The smallest absolute Gasteiger partial charge is 0.0835 e. The van der Waals surface area contributed by atoms with Gasteiger partial charge in [0.2, 0.25) is 0 Å². The summed E-state index contributed by atoms with van der Waals surface area (Å²) in [6.07, 6.45) is 1.61. The van der Waals surface area contributed by atoms with E-state index in [0.717, 1.165) is 22.9 Å².